The molecule has 0 aromatic carbocycles. The lowest BCUT2D eigenvalue weighted by atomic mass is 9.95. The van der Waals surface area contributed by atoms with Gasteiger partial charge in [0.05, 0.1) is 5.39 Å². The first-order valence-corrected chi connectivity index (χ1v) is 10.3. The van der Waals surface area contributed by atoms with Gasteiger partial charge in [0, 0.05) is 10.9 Å². The minimum Gasteiger partial charge on any atom is -0.367 e. The molecule has 4 rings (SSSR count). The third-order valence-electron chi connectivity index (χ3n) is 4.45. The van der Waals surface area contributed by atoms with Crippen LogP contribution in [0.1, 0.15) is 76.7 Å². The molecule has 0 unspecified atom stereocenters. The van der Waals surface area contributed by atoms with Gasteiger partial charge in [-0.15, -0.1) is 11.3 Å². The van der Waals surface area contributed by atoms with Crippen LogP contribution in [0.2, 0.25) is 0 Å². The lowest BCUT2D eigenvalue weighted by molar-refractivity contribution is 0.462. The molecule has 2 heterocycles. The zero-order valence-corrected chi connectivity index (χ0v) is 15.9. The molecule has 1 fully saturated rings. The standard InChI is InChI=1S/C15H19N3S.2C2H6/c1-2-5-10(6-3-1)18-14-13-11-7-4-8-12(11)19-15(13)17-9-16-14;2*1-2/h9-10H,1-8H2,(H,16,17,18);2*1-2H3. The summed E-state index contributed by atoms with van der Waals surface area (Å²) in [5.41, 5.74) is 1.53. The number of aromatic nitrogens is 2. The average molecular weight is 334 g/mol. The van der Waals surface area contributed by atoms with Crippen molar-refractivity contribution in [3.05, 3.63) is 16.8 Å². The van der Waals surface area contributed by atoms with Gasteiger partial charge < -0.3 is 5.32 Å². The second kappa shape index (κ2) is 9.21. The number of nitrogens with zero attached hydrogens (tertiary/aromatic N) is 2. The molecule has 1 N–H and O–H groups in total. The lowest BCUT2D eigenvalue weighted by Crippen LogP contribution is -2.23. The van der Waals surface area contributed by atoms with Crippen molar-refractivity contribution in [1.82, 2.24) is 9.97 Å². The third kappa shape index (κ3) is 4.03. The second-order valence-electron chi connectivity index (χ2n) is 5.74. The summed E-state index contributed by atoms with van der Waals surface area (Å²) in [6.07, 6.45) is 12.2. The van der Waals surface area contributed by atoms with Gasteiger partial charge in [0.15, 0.2) is 0 Å². The van der Waals surface area contributed by atoms with E-state index >= 15 is 0 Å². The van der Waals surface area contributed by atoms with Crippen molar-refractivity contribution in [1.29, 1.82) is 0 Å². The Labute approximate surface area is 144 Å². The van der Waals surface area contributed by atoms with E-state index in [4.69, 9.17) is 0 Å². The Morgan fingerprint density at radius 1 is 0.957 bits per heavy atom. The quantitative estimate of drug-likeness (QED) is 0.735. The molecule has 128 valence electrons. The normalized spacial score (nSPS) is 16.9. The summed E-state index contributed by atoms with van der Waals surface area (Å²) in [6.45, 7) is 8.00. The Morgan fingerprint density at radius 3 is 2.43 bits per heavy atom. The first-order chi connectivity index (χ1) is 11.4. The molecule has 0 bridgehead atoms. The Bertz CT molecular complexity index is 600. The summed E-state index contributed by atoms with van der Waals surface area (Å²) in [5, 5.41) is 5.02. The molecule has 3 nitrogen and oxygen atoms in total. The fraction of sp³-hybridized carbons (Fsp3) is 0.684. The average Bonchev–Trinajstić information content (AvgIpc) is 3.20. The van der Waals surface area contributed by atoms with Crippen LogP contribution >= 0.6 is 11.3 Å². The summed E-state index contributed by atoms with van der Waals surface area (Å²) in [6, 6.07) is 0.615. The molecule has 4 heteroatoms. The number of hydrogen-bond donors (Lipinski definition) is 1. The molecular weight excluding hydrogens is 302 g/mol. The summed E-state index contributed by atoms with van der Waals surface area (Å²) in [5.74, 6) is 1.09. The fourth-order valence-corrected chi connectivity index (χ4v) is 4.71. The van der Waals surface area contributed by atoms with Crippen molar-refractivity contribution < 1.29 is 0 Å². The highest BCUT2D eigenvalue weighted by Crippen LogP contribution is 2.39. The van der Waals surface area contributed by atoms with Crippen molar-refractivity contribution in [2.45, 2.75) is 85.1 Å². The van der Waals surface area contributed by atoms with Crippen molar-refractivity contribution in [3.8, 4) is 0 Å². The van der Waals surface area contributed by atoms with E-state index in [1.54, 1.807) is 11.2 Å². The predicted molar refractivity (Wildman–Crippen MR) is 103 cm³/mol. The van der Waals surface area contributed by atoms with E-state index in [2.05, 4.69) is 15.3 Å². The smallest absolute Gasteiger partial charge is 0.138 e. The van der Waals surface area contributed by atoms with Crippen LogP contribution in [0.4, 0.5) is 5.82 Å². The molecule has 2 aromatic rings. The molecule has 2 aliphatic rings. The number of anilines is 1. The summed E-state index contributed by atoms with van der Waals surface area (Å²) >= 11 is 1.87. The molecule has 2 aromatic heterocycles. The van der Waals surface area contributed by atoms with E-state index in [1.165, 1.54) is 67.1 Å². The molecule has 0 aliphatic heterocycles. The van der Waals surface area contributed by atoms with Crippen molar-refractivity contribution >= 4 is 27.4 Å². The van der Waals surface area contributed by atoms with Gasteiger partial charge in [0.2, 0.25) is 0 Å². The van der Waals surface area contributed by atoms with E-state index in [1.807, 2.05) is 39.0 Å². The van der Waals surface area contributed by atoms with Crippen molar-refractivity contribution in [2.24, 2.45) is 0 Å². The maximum absolute atomic E-state index is 4.54. The van der Waals surface area contributed by atoms with Gasteiger partial charge in [0.1, 0.15) is 17.0 Å². The van der Waals surface area contributed by atoms with E-state index < -0.39 is 0 Å². The molecular formula is C19H31N3S. The van der Waals surface area contributed by atoms with Crippen LogP contribution in [0.3, 0.4) is 0 Å². The minimum atomic E-state index is 0.615. The first kappa shape index (κ1) is 18.2. The van der Waals surface area contributed by atoms with E-state index in [0.29, 0.717) is 6.04 Å². The fourth-order valence-electron chi connectivity index (χ4n) is 3.48. The Hall–Kier alpha value is -1.16. The van der Waals surface area contributed by atoms with Crippen LogP contribution in [0.25, 0.3) is 10.2 Å². The highest BCUT2D eigenvalue weighted by atomic mass is 32.1. The number of aryl methyl sites for hydroxylation is 2. The second-order valence-corrected chi connectivity index (χ2v) is 6.82. The SMILES string of the molecule is CC.CC.c1nc(NC2CCCCC2)c2c3c(sc2n1)CCC3. The van der Waals surface area contributed by atoms with Crippen LogP contribution in [0.5, 0.6) is 0 Å². The van der Waals surface area contributed by atoms with Crippen LogP contribution in [0.15, 0.2) is 6.33 Å². The topological polar surface area (TPSA) is 37.8 Å². The summed E-state index contributed by atoms with van der Waals surface area (Å²) < 4.78 is 0. The lowest BCUT2D eigenvalue weighted by Gasteiger charge is -2.23. The largest absolute Gasteiger partial charge is 0.367 e. The van der Waals surface area contributed by atoms with Crippen LogP contribution in [0, 0.1) is 0 Å². The maximum Gasteiger partial charge on any atom is 0.138 e. The monoisotopic (exact) mass is 333 g/mol. The Kier molecular flexibility index (Phi) is 7.28. The molecule has 0 spiro atoms. The number of rotatable bonds is 2. The van der Waals surface area contributed by atoms with Crippen LogP contribution < -0.4 is 5.32 Å². The molecule has 23 heavy (non-hydrogen) atoms. The van der Waals surface area contributed by atoms with Crippen molar-refractivity contribution in [3.63, 3.8) is 0 Å². The van der Waals surface area contributed by atoms with Gasteiger partial charge in [-0.1, -0.05) is 47.0 Å². The van der Waals surface area contributed by atoms with Gasteiger partial charge >= 0.3 is 0 Å². The predicted octanol–water partition coefficient (Wildman–Crippen LogP) is 5.98. The highest BCUT2D eigenvalue weighted by Gasteiger charge is 2.22. The minimum absolute atomic E-state index is 0.615. The Morgan fingerprint density at radius 2 is 1.70 bits per heavy atom. The van der Waals surface area contributed by atoms with Crippen molar-refractivity contribution in [2.75, 3.05) is 5.32 Å². The van der Waals surface area contributed by atoms with Gasteiger partial charge in [-0.3, -0.25) is 0 Å². The van der Waals surface area contributed by atoms with Gasteiger partial charge in [-0.25, -0.2) is 9.97 Å². The number of nitrogens with one attached hydrogen (secondary N) is 1. The zero-order chi connectivity index (χ0) is 16.7. The molecule has 0 saturated heterocycles. The maximum atomic E-state index is 4.54. The number of hydrogen-bond acceptors (Lipinski definition) is 4. The third-order valence-corrected chi connectivity index (χ3v) is 5.65. The molecule has 0 radical (unpaired) electrons. The molecule has 0 amide bonds. The summed E-state index contributed by atoms with van der Waals surface area (Å²) in [7, 11) is 0. The van der Waals surface area contributed by atoms with E-state index in [-0.39, 0.29) is 0 Å². The van der Waals surface area contributed by atoms with Gasteiger partial charge in [0.25, 0.3) is 0 Å². The van der Waals surface area contributed by atoms with Crippen LogP contribution in [-0.4, -0.2) is 16.0 Å². The molecule has 2 aliphatic carbocycles. The molecule has 1 saturated carbocycles. The van der Waals surface area contributed by atoms with Gasteiger partial charge in [-0.2, -0.15) is 0 Å². The number of fused-ring (bicyclic) bond motifs is 3. The first-order valence-electron chi connectivity index (χ1n) is 9.43. The van der Waals surface area contributed by atoms with E-state index in [9.17, 15) is 0 Å². The molecule has 0 atom stereocenters. The van der Waals surface area contributed by atoms with Gasteiger partial charge in [-0.05, 0) is 37.7 Å². The zero-order valence-electron chi connectivity index (χ0n) is 15.1. The Balaban J connectivity index is 0.000000448. The van der Waals surface area contributed by atoms with E-state index in [0.717, 1.165) is 5.82 Å². The summed E-state index contributed by atoms with van der Waals surface area (Å²) in [4.78, 5) is 11.7. The van der Waals surface area contributed by atoms with Crippen LogP contribution in [-0.2, 0) is 12.8 Å². The highest BCUT2D eigenvalue weighted by molar-refractivity contribution is 7.19. The number of thiophene rings is 1.